The summed E-state index contributed by atoms with van der Waals surface area (Å²) in [6, 6.07) is 7.46. The standard InChI is InChI=1S/C12H16F2/c1-3-4-10-5-7-11(8-6-10)9-12(2,13)14/h5-8H,3-4,9H2,1-2H3. The summed E-state index contributed by atoms with van der Waals surface area (Å²) in [6.45, 7) is 3.06. The smallest absolute Gasteiger partial charge is 0.207 e. The number of alkyl halides is 2. The van der Waals surface area contributed by atoms with E-state index in [4.69, 9.17) is 0 Å². The van der Waals surface area contributed by atoms with Crippen LogP contribution < -0.4 is 0 Å². The van der Waals surface area contributed by atoms with Gasteiger partial charge in [-0.1, -0.05) is 37.6 Å². The summed E-state index contributed by atoms with van der Waals surface area (Å²) in [5.74, 6) is -2.60. The van der Waals surface area contributed by atoms with Crippen molar-refractivity contribution < 1.29 is 8.78 Å². The largest absolute Gasteiger partial charge is 0.249 e. The van der Waals surface area contributed by atoms with Crippen LogP contribution in [0.3, 0.4) is 0 Å². The Morgan fingerprint density at radius 3 is 2.00 bits per heavy atom. The summed E-state index contributed by atoms with van der Waals surface area (Å²) in [5, 5.41) is 0. The van der Waals surface area contributed by atoms with Crippen molar-refractivity contribution >= 4 is 0 Å². The molecule has 0 aliphatic heterocycles. The summed E-state index contributed by atoms with van der Waals surface area (Å²) in [7, 11) is 0. The zero-order valence-electron chi connectivity index (χ0n) is 8.69. The lowest BCUT2D eigenvalue weighted by Gasteiger charge is -2.10. The lowest BCUT2D eigenvalue weighted by Crippen LogP contribution is -2.13. The van der Waals surface area contributed by atoms with E-state index in [0.717, 1.165) is 19.8 Å². The summed E-state index contributed by atoms with van der Waals surface area (Å²) < 4.78 is 25.3. The number of hydrogen-bond acceptors (Lipinski definition) is 0. The quantitative estimate of drug-likeness (QED) is 0.689. The van der Waals surface area contributed by atoms with Gasteiger partial charge in [0.2, 0.25) is 5.92 Å². The number of halogens is 2. The molecule has 1 aromatic rings. The zero-order chi connectivity index (χ0) is 10.6. The molecule has 0 radical (unpaired) electrons. The van der Waals surface area contributed by atoms with Crippen molar-refractivity contribution in [3.63, 3.8) is 0 Å². The van der Waals surface area contributed by atoms with Crippen LogP contribution in [-0.4, -0.2) is 5.92 Å². The van der Waals surface area contributed by atoms with E-state index >= 15 is 0 Å². The number of aryl methyl sites for hydroxylation is 1. The molecule has 2 heteroatoms. The van der Waals surface area contributed by atoms with Gasteiger partial charge in [0.1, 0.15) is 0 Å². The van der Waals surface area contributed by atoms with Gasteiger partial charge < -0.3 is 0 Å². The van der Waals surface area contributed by atoms with E-state index in [9.17, 15) is 8.78 Å². The molecular weight excluding hydrogens is 182 g/mol. The maximum atomic E-state index is 12.7. The summed E-state index contributed by atoms with van der Waals surface area (Å²) in [6.07, 6.45) is 1.94. The molecule has 0 nitrogen and oxygen atoms in total. The third-order valence-corrected chi connectivity index (χ3v) is 2.08. The Morgan fingerprint density at radius 2 is 1.57 bits per heavy atom. The van der Waals surface area contributed by atoms with Crippen molar-refractivity contribution in [2.45, 2.75) is 39.0 Å². The molecule has 14 heavy (non-hydrogen) atoms. The molecule has 0 N–H and O–H groups in total. The SMILES string of the molecule is CCCc1ccc(CC(C)(F)F)cc1. The van der Waals surface area contributed by atoms with Crippen LogP contribution >= 0.6 is 0 Å². The molecule has 1 aromatic carbocycles. The molecule has 0 aliphatic carbocycles. The second-order valence-corrected chi connectivity index (χ2v) is 3.81. The van der Waals surface area contributed by atoms with Gasteiger partial charge in [0.25, 0.3) is 0 Å². The Hall–Kier alpha value is -0.920. The van der Waals surface area contributed by atoms with Crippen LogP contribution in [-0.2, 0) is 12.8 Å². The lowest BCUT2D eigenvalue weighted by molar-refractivity contribution is 0.0226. The average Bonchev–Trinajstić information content (AvgIpc) is 2.06. The first-order valence-corrected chi connectivity index (χ1v) is 4.97. The Balaban J connectivity index is 2.64. The normalized spacial score (nSPS) is 11.7. The van der Waals surface area contributed by atoms with E-state index in [0.29, 0.717) is 5.56 Å². The second kappa shape index (κ2) is 4.54. The predicted octanol–water partition coefficient (Wildman–Crippen LogP) is 3.84. The molecule has 0 saturated heterocycles. The molecule has 1 rings (SSSR count). The first-order chi connectivity index (χ1) is 6.51. The summed E-state index contributed by atoms with van der Waals surface area (Å²) >= 11 is 0. The Bertz CT molecular complexity index is 269. The third-order valence-electron chi connectivity index (χ3n) is 2.08. The summed E-state index contributed by atoms with van der Waals surface area (Å²) in [4.78, 5) is 0. The van der Waals surface area contributed by atoms with Gasteiger partial charge in [-0.25, -0.2) is 8.78 Å². The average molecular weight is 198 g/mol. The van der Waals surface area contributed by atoms with E-state index in [1.165, 1.54) is 5.56 Å². The minimum Gasteiger partial charge on any atom is -0.207 e. The van der Waals surface area contributed by atoms with E-state index in [2.05, 4.69) is 6.92 Å². The Morgan fingerprint density at radius 1 is 1.07 bits per heavy atom. The topological polar surface area (TPSA) is 0 Å². The molecule has 0 bridgehead atoms. The van der Waals surface area contributed by atoms with Gasteiger partial charge >= 0.3 is 0 Å². The molecular formula is C12H16F2. The Labute approximate surface area is 84.0 Å². The van der Waals surface area contributed by atoms with Gasteiger partial charge in [-0.3, -0.25) is 0 Å². The van der Waals surface area contributed by atoms with Gasteiger partial charge in [-0.15, -0.1) is 0 Å². The van der Waals surface area contributed by atoms with Crippen molar-refractivity contribution in [2.75, 3.05) is 0 Å². The number of benzene rings is 1. The van der Waals surface area contributed by atoms with Crippen LogP contribution in [0.25, 0.3) is 0 Å². The van der Waals surface area contributed by atoms with Gasteiger partial charge in [-0.2, -0.15) is 0 Å². The van der Waals surface area contributed by atoms with Crippen LogP contribution in [0.2, 0.25) is 0 Å². The minimum absolute atomic E-state index is 0.167. The van der Waals surface area contributed by atoms with Crippen molar-refractivity contribution in [2.24, 2.45) is 0 Å². The van der Waals surface area contributed by atoms with Crippen molar-refractivity contribution in [1.82, 2.24) is 0 Å². The monoisotopic (exact) mass is 198 g/mol. The van der Waals surface area contributed by atoms with Gasteiger partial charge in [-0.05, 0) is 24.5 Å². The van der Waals surface area contributed by atoms with Crippen LogP contribution in [0.15, 0.2) is 24.3 Å². The zero-order valence-corrected chi connectivity index (χ0v) is 8.69. The molecule has 0 saturated carbocycles. The van der Waals surface area contributed by atoms with E-state index in [-0.39, 0.29) is 6.42 Å². The minimum atomic E-state index is -2.60. The fourth-order valence-electron chi connectivity index (χ4n) is 1.47. The Kier molecular flexibility index (Phi) is 3.62. The van der Waals surface area contributed by atoms with Crippen molar-refractivity contribution in [1.29, 1.82) is 0 Å². The highest BCUT2D eigenvalue weighted by Crippen LogP contribution is 2.19. The van der Waals surface area contributed by atoms with Gasteiger partial charge in [0.15, 0.2) is 0 Å². The maximum Gasteiger partial charge on any atom is 0.249 e. The number of hydrogen-bond donors (Lipinski definition) is 0. The molecule has 0 amide bonds. The highest BCUT2D eigenvalue weighted by molar-refractivity contribution is 5.23. The highest BCUT2D eigenvalue weighted by atomic mass is 19.3. The van der Waals surface area contributed by atoms with Gasteiger partial charge in [0, 0.05) is 6.42 Å². The van der Waals surface area contributed by atoms with Crippen LogP contribution in [0.5, 0.6) is 0 Å². The highest BCUT2D eigenvalue weighted by Gasteiger charge is 2.21. The van der Waals surface area contributed by atoms with Crippen molar-refractivity contribution in [3.05, 3.63) is 35.4 Å². The molecule has 0 unspecified atom stereocenters. The van der Waals surface area contributed by atoms with E-state index in [1.54, 1.807) is 12.1 Å². The van der Waals surface area contributed by atoms with Crippen LogP contribution in [0.1, 0.15) is 31.4 Å². The maximum absolute atomic E-state index is 12.7. The number of rotatable bonds is 4. The predicted molar refractivity (Wildman–Crippen MR) is 54.8 cm³/mol. The lowest BCUT2D eigenvalue weighted by atomic mass is 10.0. The van der Waals surface area contributed by atoms with E-state index < -0.39 is 5.92 Å². The second-order valence-electron chi connectivity index (χ2n) is 3.81. The van der Waals surface area contributed by atoms with Crippen LogP contribution in [0, 0.1) is 0 Å². The molecule has 0 fully saturated rings. The third kappa shape index (κ3) is 3.86. The summed E-state index contributed by atoms with van der Waals surface area (Å²) in [5.41, 5.74) is 1.92. The molecule has 0 atom stereocenters. The molecule has 0 aromatic heterocycles. The van der Waals surface area contributed by atoms with Crippen molar-refractivity contribution in [3.8, 4) is 0 Å². The first-order valence-electron chi connectivity index (χ1n) is 4.97. The fraction of sp³-hybridized carbons (Fsp3) is 0.500. The molecule has 0 heterocycles. The molecule has 0 aliphatic rings. The van der Waals surface area contributed by atoms with E-state index in [1.807, 2.05) is 12.1 Å². The van der Waals surface area contributed by atoms with Crippen LogP contribution in [0.4, 0.5) is 8.78 Å². The molecule has 78 valence electrons. The first kappa shape index (κ1) is 11.2. The molecule has 0 spiro atoms. The van der Waals surface area contributed by atoms with Gasteiger partial charge in [0.05, 0.1) is 0 Å². The fourth-order valence-corrected chi connectivity index (χ4v) is 1.47.